The number of benzene rings is 2. The van der Waals surface area contributed by atoms with Crippen LogP contribution in [0.15, 0.2) is 48.5 Å². The molecule has 2 rings (SSSR count). The molecule has 0 saturated heterocycles. The first-order chi connectivity index (χ1) is 10.2. The zero-order valence-electron chi connectivity index (χ0n) is 12.5. The number of ether oxygens (including phenoxy) is 2. The summed E-state index contributed by atoms with van der Waals surface area (Å²) in [5.41, 5.74) is 2.15. The first-order valence-corrected chi connectivity index (χ1v) is 7.21. The van der Waals surface area contributed by atoms with Crippen molar-refractivity contribution in [1.82, 2.24) is 0 Å². The number of alkyl halides is 1. The van der Waals surface area contributed by atoms with Crippen LogP contribution in [0.3, 0.4) is 0 Å². The number of nitrogens with zero attached hydrogens (tertiary/aromatic N) is 1. The summed E-state index contributed by atoms with van der Waals surface area (Å²) in [6, 6.07) is 16.0. The Morgan fingerprint density at radius 2 is 1.67 bits per heavy atom. The summed E-state index contributed by atoms with van der Waals surface area (Å²) >= 11 is 6.54. The Hall–Kier alpha value is -1.87. The van der Waals surface area contributed by atoms with E-state index < -0.39 is 0 Å². The van der Waals surface area contributed by atoms with Crippen LogP contribution in [0.4, 0.5) is 5.69 Å². The first kappa shape index (κ1) is 15.5. The number of hydrogen-bond donors (Lipinski definition) is 0. The SMILES string of the molecule is COc1ccc(C(Cl)CN(C)c2ccccc2)cc1OC. The molecule has 2 aromatic rings. The predicted molar refractivity (Wildman–Crippen MR) is 87.9 cm³/mol. The molecule has 0 N–H and O–H groups in total. The third-order valence-electron chi connectivity index (χ3n) is 3.40. The van der Waals surface area contributed by atoms with Crippen LogP contribution in [-0.2, 0) is 0 Å². The van der Waals surface area contributed by atoms with Crippen LogP contribution in [0.25, 0.3) is 0 Å². The van der Waals surface area contributed by atoms with Gasteiger partial charge in [0.2, 0.25) is 0 Å². The Kier molecular flexibility index (Phi) is 5.34. The molecule has 0 aliphatic carbocycles. The van der Waals surface area contributed by atoms with Crippen LogP contribution in [-0.4, -0.2) is 27.8 Å². The molecule has 0 saturated carbocycles. The van der Waals surface area contributed by atoms with Gasteiger partial charge in [0.15, 0.2) is 11.5 Å². The van der Waals surface area contributed by atoms with Gasteiger partial charge in [-0.15, -0.1) is 11.6 Å². The van der Waals surface area contributed by atoms with Gasteiger partial charge in [-0.3, -0.25) is 0 Å². The van der Waals surface area contributed by atoms with Crippen molar-refractivity contribution in [2.75, 3.05) is 32.7 Å². The lowest BCUT2D eigenvalue weighted by Gasteiger charge is -2.23. The summed E-state index contributed by atoms with van der Waals surface area (Å²) in [6.45, 7) is 0.709. The smallest absolute Gasteiger partial charge is 0.161 e. The molecule has 0 aliphatic heterocycles. The van der Waals surface area contributed by atoms with E-state index in [0.717, 1.165) is 11.3 Å². The maximum absolute atomic E-state index is 6.54. The lowest BCUT2D eigenvalue weighted by Crippen LogP contribution is -2.21. The van der Waals surface area contributed by atoms with E-state index in [1.165, 1.54) is 0 Å². The molecule has 0 aliphatic rings. The topological polar surface area (TPSA) is 21.7 Å². The van der Waals surface area contributed by atoms with Gasteiger partial charge >= 0.3 is 0 Å². The average molecular weight is 306 g/mol. The molecule has 2 aromatic carbocycles. The molecular weight excluding hydrogens is 286 g/mol. The van der Waals surface area contributed by atoms with Crippen molar-refractivity contribution in [2.24, 2.45) is 0 Å². The summed E-state index contributed by atoms with van der Waals surface area (Å²) in [5.74, 6) is 1.41. The van der Waals surface area contributed by atoms with Gasteiger partial charge < -0.3 is 14.4 Å². The molecule has 1 unspecified atom stereocenters. The highest BCUT2D eigenvalue weighted by atomic mass is 35.5. The van der Waals surface area contributed by atoms with Crippen LogP contribution >= 0.6 is 11.6 Å². The van der Waals surface area contributed by atoms with Crippen molar-refractivity contribution in [2.45, 2.75) is 5.38 Å². The number of rotatable bonds is 6. The van der Waals surface area contributed by atoms with E-state index in [0.29, 0.717) is 18.0 Å². The third-order valence-corrected chi connectivity index (χ3v) is 3.79. The summed E-state index contributed by atoms with van der Waals surface area (Å²) in [4.78, 5) is 2.13. The van der Waals surface area contributed by atoms with Crippen molar-refractivity contribution in [3.05, 3.63) is 54.1 Å². The molecule has 0 bridgehead atoms. The summed E-state index contributed by atoms with van der Waals surface area (Å²) in [5, 5.41) is -0.130. The lowest BCUT2D eigenvalue weighted by atomic mass is 10.1. The van der Waals surface area contributed by atoms with Gasteiger partial charge in [0, 0.05) is 19.3 Å². The second kappa shape index (κ2) is 7.23. The van der Waals surface area contributed by atoms with E-state index in [9.17, 15) is 0 Å². The molecule has 0 fully saturated rings. The molecule has 0 aromatic heterocycles. The summed E-state index contributed by atoms with van der Waals surface area (Å²) < 4.78 is 10.6. The first-order valence-electron chi connectivity index (χ1n) is 6.78. The minimum atomic E-state index is -0.130. The minimum Gasteiger partial charge on any atom is -0.493 e. The normalized spacial score (nSPS) is 11.8. The van der Waals surface area contributed by atoms with E-state index in [2.05, 4.69) is 17.0 Å². The highest BCUT2D eigenvalue weighted by Crippen LogP contribution is 2.32. The van der Waals surface area contributed by atoms with Crippen molar-refractivity contribution in [1.29, 1.82) is 0 Å². The monoisotopic (exact) mass is 305 g/mol. The fourth-order valence-corrected chi connectivity index (χ4v) is 2.52. The Labute approximate surface area is 131 Å². The van der Waals surface area contributed by atoms with E-state index >= 15 is 0 Å². The highest BCUT2D eigenvalue weighted by molar-refractivity contribution is 6.21. The van der Waals surface area contributed by atoms with Gasteiger partial charge in [0.05, 0.1) is 19.6 Å². The largest absolute Gasteiger partial charge is 0.493 e. The quantitative estimate of drug-likeness (QED) is 0.749. The zero-order valence-corrected chi connectivity index (χ0v) is 13.3. The van der Waals surface area contributed by atoms with Crippen molar-refractivity contribution in [3.63, 3.8) is 0 Å². The molecule has 0 radical (unpaired) electrons. The Morgan fingerprint density at radius 3 is 2.29 bits per heavy atom. The molecule has 0 spiro atoms. The van der Waals surface area contributed by atoms with Crippen LogP contribution in [0.2, 0.25) is 0 Å². The van der Waals surface area contributed by atoms with Gasteiger partial charge in [-0.2, -0.15) is 0 Å². The van der Waals surface area contributed by atoms with Gasteiger partial charge in [-0.1, -0.05) is 24.3 Å². The molecular formula is C17H20ClNO2. The number of para-hydroxylation sites is 1. The Morgan fingerprint density at radius 1 is 1.00 bits per heavy atom. The van der Waals surface area contributed by atoms with Gasteiger partial charge in [-0.05, 0) is 29.8 Å². The summed E-state index contributed by atoms with van der Waals surface area (Å²) in [7, 11) is 5.28. The van der Waals surface area contributed by atoms with Crippen LogP contribution in [0.5, 0.6) is 11.5 Å². The van der Waals surface area contributed by atoms with Crippen LogP contribution < -0.4 is 14.4 Å². The molecule has 0 heterocycles. The Bertz CT molecular complexity index is 574. The van der Waals surface area contributed by atoms with Crippen molar-refractivity contribution in [3.8, 4) is 11.5 Å². The molecule has 21 heavy (non-hydrogen) atoms. The minimum absolute atomic E-state index is 0.130. The number of halogens is 1. The highest BCUT2D eigenvalue weighted by Gasteiger charge is 2.14. The maximum atomic E-state index is 6.54. The van der Waals surface area contributed by atoms with E-state index in [1.807, 2.05) is 43.4 Å². The van der Waals surface area contributed by atoms with Crippen molar-refractivity contribution < 1.29 is 9.47 Å². The molecule has 1 atom stereocenters. The molecule has 0 amide bonds. The number of methoxy groups -OCH3 is 2. The van der Waals surface area contributed by atoms with E-state index in [1.54, 1.807) is 14.2 Å². The molecule has 112 valence electrons. The van der Waals surface area contributed by atoms with Gasteiger partial charge in [0.1, 0.15) is 0 Å². The second-order valence-electron chi connectivity index (χ2n) is 4.80. The zero-order chi connectivity index (χ0) is 15.2. The number of hydrogen-bond acceptors (Lipinski definition) is 3. The number of likely N-dealkylation sites (N-methyl/N-ethyl adjacent to an activating group) is 1. The molecule has 4 heteroatoms. The summed E-state index contributed by atoms with van der Waals surface area (Å²) in [6.07, 6.45) is 0. The fraction of sp³-hybridized carbons (Fsp3) is 0.294. The van der Waals surface area contributed by atoms with Crippen molar-refractivity contribution >= 4 is 17.3 Å². The average Bonchev–Trinajstić information content (AvgIpc) is 2.54. The van der Waals surface area contributed by atoms with Crippen LogP contribution in [0.1, 0.15) is 10.9 Å². The second-order valence-corrected chi connectivity index (χ2v) is 5.32. The van der Waals surface area contributed by atoms with Gasteiger partial charge in [0.25, 0.3) is 0 Å². The standard InChI is InChI=1S/C17H20ClNO2/c1-19(14-7-5-4-6-8-14)12-15(18)13-9-10-16(20-2)17(11-13)21-3/h4-11,15H,12H2,1-3H3. The third kappa shape index (κ3) is 3.82. The van der Waals surface area contributed by atoms with E-state index in [-0.39, 0.29) is 5.38 Å². The number of anilines is 1. The molecule has 3 nitrogen and oxygen atoms in total. The predicted octanol–water partition coefficient (Wildman–Crippen LogP) is 4.12. The maximum Gasteiger partial charge on any atom is 0.161 e. The lowest BCUT2D eigenvalue weighted by molar-refractivity contribution is 0.354. The van der Waals surface area contributed by atoms with E-state index in [4.69, 9.17) is 21.1 Å². The van der Waals surface area contributed by atoms with Gasteiger partial charge in [-0.25, -0.2) is 0 Å². The Balaban J connectivity index is 2.11. The fourth-order valence-electron chi connectivity index (χ4n) is 2.18. The van der Waals surface area contributed by atoms with Crippen LogP contribution in [0, 0.1) is 0 Å².